The topological polar surface area (TPSA) is 63.9 Å². The van der Waals surface area contributed by atoms with Crippen molar-refractivity contribution in [1.29, 1.82) is 0 Å². The minimum absolute atomic E-state index is 0.0920. The minimum Gasteiger partial charge on any atom is -0.357 e. The quantitative estimate of drug-likeness (QED) is 0.190. The highest BCUT2D eigenvalue weighted by molar-refractivity contribution is 5.80. The van der Waals surface area contributed by atoms with Gasteiger partial charge in [-0.1, -0.05) is 6.07 Å². The van der Waals surface area contributed by atoms with E-state index in [9.17, 15) is 26.7 Å². The highest BCUT2D eigenvalue weighted by atomic mass is 19.4. The molecule has 0 radical (unpaired) electrons. The third kappa shape index (κ3) is 6.51. The largest absolute Gasteiger partial charge is 0.435 e. The normalized spacial score (nSPS) is 15.8. The van der Waals surface area contributed by atoms with Crippen LogP contribution in [0.25, 0.3) is 11.1 Å². The molecule has 4 heterocycles. The van der Waals surface area contributed by atoms with Crippen LogP contribution in [-0.2, 0) is 36.8 Å². The number of aromatic nitrogens is 4. The standard InChI is InChI=1S/C33H32F5N5O/c34-24-15-21(16-25(35)18-24)14-23(17-26(44)20-43-29-8-2-1-6-28(29)32(41-43)33(36,37)38)31-27(7-5-11-39-31)22-9-10-30(40-19-22)42-12-3-4-13-42/h5,7,9-11,15-16,18-19,23H,1-4,6,8,12-14,17,20H2/t23-/m1/s1. The first-order valence-corrected chi connectivity index (χ1v) is 14.9. The third-order valence-electron chi connectivity index (χ3n) is 8.44. The Balaban J connectivity index is 1.32. The van der Waals surface area contributed by atoms with Gasteiger partial charge in [0, 0.05) is 66.3 Å². The summed E-state index contributed by atoms with van der Waals surface area (Å²) in [6.45, 7) is 1.56. The summed E-state index contributed by atoms with van der Waals surface area (Å²) < 4.78 is 70.8. The lowest BCUT2D eigenvalue weighted by molar-refractivity contribution is -0.142. The van der Waals surface area contributed by atoms with Crippen LogP contribution in [0.3, 0.4) is 0 Å². The van der Waals surface area contributed by atoms with Gasteiger partial charge in [-0.2, -0.15) is 18.3 Å². The summed E-state index contributed by atoms with van der Waals surface area (Å²) in [5, 5.41) is 3.84. The monoisotopic (exact) mass is 609 g/mol. The number of carbonyl (C=O) groups excluding carboxylic acids is 1. The zero-order chi connectivity index (χ0) is 30.8. The van der Waals surface area contributed by atoms with E-state index in [2.05, 4.69) is 20.0 Å². The average molecular weight is 610 g/mol. The highest BCUT2D eigenvalue weighted by Gasteiger charge is 2.39. The van der Waals surface area contributed by atoms with E-state index in [4.69, 9.17) is 0 Å². The Morgan fingerprint density at radius 2 is 1.68 bits per heavy atom. The summed E-state index contributed by atoms with van der Waals surface area (Å²) >= 11 is 0. The fourth-order valence-electron chi connectivity index (χ4n) is 6.48. The van der Waals surface area contributed by atoms with E-state index in [1.54, 1.807) is 18.5 Å². The van der Waals surface area contributed by atoms with Crippen LogP contribution in [0, 0.1) is 11.6 Å². The fraction of sp³-hybridized carbons (Fsp3) is 0.394. The van der Waals surface area contributed by atoms with Gasteiger partial charge in [-0.25, -0.2) is 13.8 Å². The number of hydrogen-bond donors (Lipinski definition) is 0. The molecule has 6 rings (SSSR count). The molecule has 0 saturated carbocycles. The maximum Gasteiger partial charge on any atom is 0.435 e. The predicted octanol–water partition coefficient (Wildman–Crippen LogP) is 7.10. The van der Waals surface area contributed by atoms with Crippen LogP contribution in [-0.4, -0.2) is 38.6 Å². The number of benzene rings is 1. The summed E-state index contributed by atoms with van der Waals surface area (Å²) in [6, 6.07) is 10.7. The van der Waals surface area contributed by atoms with Gasteiger partial charge in [-0.3, -0.25) is 14.5 Å². The Kier molecular flexibility index (Phi) is 8.46. The summed E-state index contributed by atoms with van der Waals surface area (Å²) in [7, 11) is 0. The minimum atomic E-state index is -4.61. The second-order valence-electron chi connectivity index (χ2n) is 11.6. The molecule has 1 aromatic carbocycles. The van der Waals surface area contributed by atoms with E-state index in [1.807, 2.05) is 18.2 Å². The molecule has 1 fully saturated rings. The maximum absolute atomic E-state index is 14.2. The number of halogens is 5. The van der Waals surface area contributed by atoms with E-state index >= 15 is 0 Å². The molecular weight excluding hydrogens is 577 g/mol. The molecule has 3 aromatic heterocycles. The number of fused-ring (bicyclic) bond motifs is 1. The van der Waals surface area contributed by atoms with Gasteiger partial charge in [0.1, 0.15) is 17.5 Å². The van der Waals surface area contributed by atoms with Crippen LogP contribution >= 0.6 is 0 Å². The first kappa shape index (κ1) is 29.9. The molecule has 0 unspecified atom stereocenters. The molecule has 11 heteroatoms. The van der Waals surface area contributed by atoms with Crippen molar-refractivity contribution >= 4 is 11.6 Å². The SMILES string of the molecule is O=C(C[C@@H](Cc1cc(F)cc(F)c1)c1ncccc1-c1ccc(N2CCCC2)nc1)Cn1nc(C(F)(F)F)c2c1CCCC2. The molecule has 1 aliphatic carbocycles. The molecule has 0 amide bonds. The van der Waals surface area contributed by atoms with Gasteiger partial charge in [0.15, 0.2) is 11.5 Å². The molecule has 1 aliphatic heterocycles. The van der Waals surface area contributed by atoms with Gasteiger partial charge < -0.3 is 4.90 Å². The lowest BCUT2D eigenvalue weighted by Crippen LogP contribution is -2.20. The Bertz CT molecular complexity index is 1620. The van der Waals surface area contributed by atoms with Gasteiger partial charge in [0.2, 0.25) is 0 Å². The summed E-state index contributed by atoms with van der Waals surface area (Å²) in [5.74, 6) is -1.58. The first-order chi connectivity index (χ1) is 21.2. The number of alkyl halides is 3. The van der Waals surface area contributed by atoms with Crippen molar-refractivity contribution in [2.75, 3.05) is 18.0 Å². The number of nitrogens with zero attached hydrogens (tertiary/aromatic N) is 5. The zero-order valence-electron chi connectivity index (χ0n) is 24.1. The van der Waals surface area contributed by atoms with Crippen molar-refractivity contribution in [3.8, 4) is 11.1 Å². The Hall–Kier alpha value is -4.15. The van der Waals surface area contributed by atoms with Crippen LogP contribution in [0.4, 0.5) is 27.8 Å². The van der Waals surface area contributed by atoms with Crippen LogP contribution in [0.1, 0.15) is 66.2 Å². The van der Waals surface area contributed by atoms with Crippen molar-refractivity contribution < 1.29 is 26.7 Å². The first-order valence-electron chi connectivity index (χ1n) is 14.9. The van der Waals surface area contributed by atoms with E-state index in [-0.39, 0.29) is 37.2 Å². The maximum atomic E-state index is 14.2. The number of pyridine rings is 2. The Morgan fingerprint density at radius 1 is 0.932 bits per heavy atom. The summed E-state index contributed by atoms with van der Waals surface area (Å²) in [6.07, 6.45) is 3.00. The van der Waals surface area contributed by atoms with Crippen LogP contribution < -0.4 is 4.90 Å². The molecule has 2 aliphatic rings. The number of anilines is 1. The zero-order valence-corrected chi connectivity index (χ0v) is 24.1. The molecular formula is C33H32F5N5O. The van der Waals surface area contributed by atoms with E-state index < -0.39 is 29.4 Å². The number of carbonyl (C=O) groups is 1. The summed E-state index contributed by atoms with van der Waals surface area (Å²) in [4.78, 5) is 25.0. The highest BCUT2D eigenvalue weighted by Crippen LogP contribution is 2.37. The fourth-order valence-corrected chi connectivity index (χ4v) is 6.48. The molecule has 0 N–H and O–H groups in total. The lowest BCUT2D eigenvalue weighted by atomic mass is 9.87. The number of ketones is 1. The smallest absolute Gasteiger partial charge is 0.357 e. The second kappa shape index (κ2) is 12.5. The number of Topliss-reactive ketones (excluding diaryl/α,β-unsaturated/α-hetero) is 1. The number of rotatable bonds is 9. The summed E-state index contributed by atoms with van der Waals surface area (Å²) in [5.41, 5.74) is 2.07. The molecule has 0 spiro atoms. The Labute approximate surface area is 251 Å². The van der Waals surface area contributed by atoms with Crippen molar-refractivity contribution in [2.45, 2.75) is 70.0 Å². The molecule has 4 aromatic rings. The third-order valence-corrected chi connectivity index (χ3v) is 8.44. The van der Waals surface area contributed by atoms with Crippen molar-refractivity contribution in [2.24, 2.45) is 0 Å². The molecule has 0 bridgehead atoms. The molecule has 230 valence electrons. The van der Waals surface area contributed by atoms with Crippen molar-refractivity contribution in [1.82, 2.24) is 19.7 Å². The molecule has 44 heavy (non-hydrogen) atoms. The second-order valence-corrected chi connectivity index (χ2v) is 11.6. The number of hydrogen-bond acceptors (Lipinski definition) is 5. The van der Waals surface area contributed by atoms with Gasteiger partial charge in [0.25, 0.3) is 0 Å². The molecule has 1 atom stereocenters. The van der Waals surface area contributed by atoms with Gasteiger partial charge in [0.05, 0.1) is 12.2 Å². The van der Waals surface area contributed by atoms with E-state index in [1.165, 1.54) is 16.8 Å². The van der Waals surface area contributed by atoms with E-state index in [0.29, 0.717) is 29.8 Å². The van der Waals surface area contributed by atoms with Crippen LogP contribution in [0.2, 0.25) is 0 Å². The predicted molar refractivity (Wildman–Crippen MR) is 155 cm³/mol. The van der Waals surface area contributed by atoms with Crippen molar-refractivity contribution in [3.05, 3.63) is 94.7 Å². The van der Waals surface area contributed by atoms with E-state index in [0.717, 1.165) is 55.4 Å². The van der Waals surface area contributed by atoms with Gasteiger partial charge >= 0.3 is 6.18 Å². The average Bonchev–Trinajstić information content (AvgIpc) is 3.66. The van der Waals surface area contributed by atoms with Crippen LogP contribution in [0.5, 0.6) is 0 Å². The Morgan fingerprint density at radius 3 is 2.39 bits per heavy atom. The van der Waals surface area contributed by atoms with Crippen molar-refractivity contribution in [3.63, 3.8) is 0 Å². The lowest BCUT2D eigenvalue weighted by Gasteiger charge is -2.21. The molecule has 6 nitrogen and oxygen atoms in total. The van der Waals surface area contributed by atoms with Crippen LogP contribution in [0.15, 0.2) is 54.9 Å². The molecule has 1 saturated heterocycles. The van der Waals surface area contributed by atoms with Gasteiger partial charge in [-0.05, 0) is 80.8 Å². The van der Waals surface area contributed by atoms with Gasteiger partial charge in [-0.15, -0.1) is 0 Å².